The van der Waals surface area contributed by atoms with Crippen LogP contribution in [0.2, 0.25) is 0 Å². The molecule has 12 rings (SSSR count). The minimum atomic E-state index is -4.10. The van der Waals surface area contributed by atoms with Gasteiger partial charge >= 0.3 is 40.7 Å². The molecule has 9 heterocycles. The number of benzene rings is 3. The topological polar surface area (TPSA) is 565 Å². The Morgan fingerprint density at radius 2 is 0.667 bits per heavy atom. The summed E-state index contributed by atoms with van der Waals surface area (Å²) in [6, 6.07) is 28.5. The van der Waals surface area contributed by atoms with Crippen molar-refractivity contribution in [3.63, 3.8) is 0 Å². The number of halogens is 3. The second-order valence-electron chi connectivity index (χ2n) is 29.7. The van der Waals surface area contributed by atoms with Gasteiger partial charge < -0.3 is 104 Å². The molecule has 39 nitrogen and oxygen atoms in total. The number of aromatic amines is 3. The largest absolute Gasteiger partial charge is 0.463 e. The molecule has 0 radical (unpaired) electrons. The second kappa shape index (κ2) is 38.5. The molecule has 4 unspecified atom stereocenters. The maximum absolute atomic E-state index is 14.2. The molecule has 0 saturated carbocycles. The van der Waals surface area contributed by atoms with E-state index in [1.165, 1.54) is 71.3 Å². The van der Waals surface area contributed by atoms with Crippen LogP contribution in [0.15, 0.2) is 142 Å². The predicted molar refractivity (Wildman–Crippen MR) is 424 cm³/mol. The van der Waals surface area contributed by atoms with Gasteiger partial charge in [-0.05, 0) is 96.1 Å². The van der Waals surface area contributed by atoms with Crippen molar-refractivity contribution in [2.24, 2.45) is 17.8 Å². The monoisotopic (exact) mass is 1750 g/mol. The normalized spacial score (nSPS) is 25.1. The van der Waals surface area contributed by atoms with Gasteiger partial charge in [0.1, 0.15) is 73.9 Å². The number of nitrogen functional groups attached to an aromatic ring is 3. The first-order valence-corrected chi connectivity index (χ1v) is 42.8. The first-order valence-electron chi connectivity index (χ1n) is 37.6. The highest BCUT2D eigenvalue weighted by molar-refractivity contribution is 7.55. The number of para-hydroxylation sites is 3. The Morgan fingerprint density at radius 3 is 0.883 bits per heavy atom. The summed E-state index contributed by atoms with van der Waals surface area (Å²) in [7, 11) is -12.3. The molecule has 3 aliphatic heterocycles. The Bertz CT molecular complexity index is 4860. The van der Waals surface area contributed by atoms with Gasteiger partial charge in [0.15, 0.2) is 52.4 Å². The van der Waals surface area contributed by atoms with Crippen LogP contribution in [-0.4, -0.2) is 222 Å². The molecule has 3 aliphatic rings. The molecule has 3 aromatic carbocycles. The molecule has 0 amide bonds. The molecular formula is C75H96F3N12O27P3. The highest BCUT2D eigenvalue weighted by Crippen LogP contribution is 2.55. The van der Waals surface area contributed by atoms with Crippen molar-refractivity contribution in [3.05, 3.63) is 159 Å². The summed E-state index contributed by atoms with van der Waals surface area (Å²) in [5, 5.41) is 66.3. The number of H-pyrrole nitrogens is 3. The predicted octanol–water partition coefficient (Wildman–Crippen LogP) is 6.43. The number of carbonyl (C=O) groups excluding carboxylic acids is 3. The van der Waals surface area contributed by atoms with E-state index in [1.54, 1.807) is 133 Å². The number of nitrogens with one attached hydrogen (secondary N) is 3. The Hall–Kier alpha value is -9.87. The van der Waals surface area contributed by atoms with E-state index >= 15 is 0 Å². The number of fused-ring (bicyclic) bond motifs is 3. The SMILES string of the molecule is CC(C)OC(=O)[C@H](C)CP(=O)(OC[C@H]1O[C@@H](n2ccc3c(=O)[nH]c(N)nc32)C(O)(CF)[C@H]1O)Oc1ccccc1.CC(C)OC(=O)[C@H](C)C[P@@](=O)(OC[C@H]1O[C@@H](n2ccc3c(=O)[nH]c(N)nc32)C(O)(CF)[C@H]1O)Oc1ccccc1.CC(C)OC(=O)[C@H](C)C[P@](=O)(OC[C@H]1O[C@@H](n2ccc3c(=O)[nH]c(N)nc32)C(O)(CF)[C@H]1O)Oc1ccccc1. The van der Waals surface area contributed by atoms with Crippen LogP contribution in [-0.2, 0) is 70.1 Å². The van der Waals surface area contributed by atoms with Crippen LogP contribution >= 0.6 is 22.8 Å². The van der Waals surface area contributed by atoms with Gasteiger partial charge in [0.25, 0.3) is 16.7 Å². The fourth-order valence-electron chi connectivity index (χ4n) is 13.1. The molecule has 0 bridgehead atoms. The first-order chi connectivity index (χ1) is 56.6. The zero-order valence-corrected chi connectivity index (χ0v) is 69.0. The number of ether oxygens (including phenoxy) is 6. The number of anilines is 3. The van der Waals surface area contributed by atoms with Crippen LogP contribution in [0.3, 0.4) is 0 Å². The molecule has 654 valence electrons. The molecule has 3 saturated heterocycles. The van der Waals surface area contributed by atoms with Gasteiger partial charge in [-0.25, -0.2) is 26.9 Å². The van der Waals surface area contributed by atoms with Gasteiger partial charge in [-0.3, -0.25) is 57.3 Å². The van der Waals surface area contributed by atoms with Crippen molar-refractivity contribution in [3.8, 4) is 17.2 Å². The van der Waals surface area contributed by atoms with Crippen LogP contribution in [0.4, 0.5) is 31.0 Å². The summed E-state index contributed by atoms with van der Waals surface area (Å²) >= 11 is 0. The lowest BCUT2D eigenvalue weighted by molar-refractivity contribution is -0.152. The molecule has 120 heavy (non-hydrogen) atoms. The summed E-state index contributed by atoms with van der Waals surface area (Å²) in [4.78, 5) is 93.1. The molecule has 6 aromatic heterocycles. The lowest BCUT2D eigenvalue weighted by Gasteiger charge is -2.29. The van der Waals surface area contributed by atoms with Crippen molar-refractivity contribution < 1.29 is 127 Å². The van der Waals surface area contributed by atoms with E-state index in [9.17, 15) is 86.3 Å². The van der Waals surface area contributed by atoms with E-state index in [-0.39, 0.29) is 86.7 Å². The standard InChI is InChI=1S/3C25H32FN4O9P/c3*1-14(2)37-22(33)15(3)12-40(35,39-16-7-5-4-6-8-16)36-11-18-19(31)25(34,13-26)23(38-18)30-10-9-17-20(30)28-24(27)29-21(17)32/h3*4-10,14-15,18-19,23,31,34H,11-13H2,1-3H3,(H3,27,28,29,32)/t15-,18-,19+,23-,25?,40?;15-,18-,19+,23-,25?,40+;15-,18-,19+,23-,25?,40-/m111/s1. The fraction of sp³-hybridized carbons (Fsp3) is 0.480. The zero-order chi connectivity index (χ0) is 87.7. The Balaban J connectivity index is 0.000000189. The van der Waals surface area contributed by atoms with E-state index < -0.39 is 205 Å². The minimum Gasteiger partial charge on any atom is -0.463 e. The van der Waals surface area contributed by atoms with Crippen LogP contribution in [0.5, 0.6) is 17.2 Å². The minimum absolute atomic E-state index is 0.0116. The highest BCUT2D eigenvalue weighted by atomic mass is 31.2. The average Bonchev–Trinajstić information content (AvgIpc) is 1.60. The Morgan fingerprint density at radius 1 is 0.433 bits per heavy atom. The number of alkyl halides is 3. The number of rotatable bonds is 33. The molecule has 15 N–H and O–H groups in total. The maximum atomic E-state index is 14.2. The van der Waals surface area contributed by atoms with Crippen LogP contribution in [0, 0.1) is 17.8 Å². The molecular weight excluding hydrogens is 1650 g/mol. The molecule has 0 aliphatic carbocycles. The number of aliphatic hydroxyl groups is 6. The summed E-state index contributed by atoms with van der Waals surface area (Å²) in [5.74, 6) is -4.54. The summed E-state index contributed by atoms with van der Waals surface area (Å²) in [6.45, 7) is 8.44. The summed E-state index contributed by atoms with van der Waals surface area (Å²) in [6.07, 6.45) is -12.7. The van der Waals surface area contributed by atoms with Crippen molar-refractivity contribution >= 4 is 91.6 Å². The Kier molecular flexibility index (Phi) is 29.6. The van der Waals surface area contributed by atoms with Crippen molar-refractivity contribution in [2.75, 3.05) is 75.5 Å². The van der Waals surface area contributed by atoms with Gasteiger partial charge in [-0.2, -0.15) is 15.0 Å². The van der Waals surface area contributed by atoms with Gasteiger partial charge in [0.05, 0.1) is 90.5 Å². The van der Waals surface area contributed by atoms with E-state index in [0.717, 1.165) is 0 Å². The van der Waals surface area contributed by atoms with Crippen molar-refractivity contribution in [1.29, 1.82) is 0 Å². The third kappa shape index (κ3) is 21.2. The highest BCUT2D eigenvalue weighted by Gasteiger charge is 2.60. The van der Waals surface area contributed by atoms with E-state index in [0.29, 0.717) is 0 Å². The van der Waals surface area contributed by atoms with Gasteiger partial charge in [-0.15, -0.1) is 0 Å². The maximum Gasteiger partial charge on any atom is 0.380 e. The third-order valence-electron chi connectivity index (χ3n) is 19.0. The third-order valence-corrected chi connectivity index (χ3v) is 25.1. The summed E-state index contributed by atoms with van der Waals surface area (Å²) < 4.78 is 155. The quantitative estimate of drug-likeness (QED) is 0.0120. The first kappa shape index (κ1) is 92.4. The number of hydrogen-bond donors (Lipinski definition) is 12. The van der Waals surface area contributed by atoms with Crippen molar-refractivity contribution in [1.82, 2.24) is 43.6 Å². The lowest BCUT2D eigenvalue weighted by Crippen LogP contribution is -2.49. The van der Waals surface area contributed by atoms with Crippen molar-refractivity contribution in [2.45, 2.75) is 153 Å². The molecule has 0 spiro atoms. The van der Waals surface area contributed by atoms with Crippen LogP contribution in [0.1, 0.15) is 81.0 Å². The van der Waals surface area contributed by atoms with E-state index in [1.807, 2.05) is 0 Å². The molecule has 9 aromatic rings. The summed E-state index contributed by atoms with van der Waals surface area (Å²) in [5.41, 5.74) is 7.76. The number of aromatic nitrogens is 9. The number of nitrogens with two attached hydrogens (primary N) is 3. The zero-order valence-electron chi connectivity index (χ0n) is 66.3. The molecule has 45 heteroatoms. The number of hydrogen-bond acceptors (Lipinski definition) is 33. The van der Waals surface area contributed by atoms with Gasteiger partial charge in [-0.1, -0.05) is 75.4 Å². The number of aliphatic hydroxyl groups excluding tert-OH is 3. The second-order valence-corrected chi connectivity index (χ2v) is 35.7. The number of nitrogens with zero attached hydrogens (tertiary/aromatic N) is 6. The van der Waals surface area contributed by atoms with Crippen LogP contribution < -0.4 is 47.5 Å². The Labute approximate surface area is 682 Å². The fourth-order valence-corrected chi connectivity index (χ4v) is 18.7. The average molecular weight is 1750 g/mol. The smallest absolute Gasteiger partial charge is 0.380 e. The van der Waals surface area contributed by atoms with Gasteiger partial charge in [0.2, 0.25) is 17.8 Å². The number of carbonyl (C=O) groups is 3. The van der Waals surface area contributed by atoms with Crippen LogP contribution in [0.25, 0.3) is 33.1 Å². The van der Waals surface area contributed by atoms with E-state index in [4.69, 9.17) is 72.8 Å². The number of esters is 3. The van der Waals surface area contributed by atoms with Gasteiger partial charge in [0, 0.05) is 18.6 Å². The molecule has 18 atom stereocenters. The lowest BCUT2D eigenvalue weighted by atomic mass is 9.95. The van der Waals surface area contributed by atoms with E-state index in [2.05, 4.69) is 29.9 Å². The molecule has 3 fully saturated rings.